The summed E-state index contributed by atoms with van der Waals surface area (Å²) in [5.41, 5.74) is 3.66. The molecule has 2 aromatic rings. The van der Waals surface area contributed by atoms with Crippen molar-refractivity contribution >= 4 is 0 Å². The minimum absolute atomic E-state index is 0.931. The van der Waals surface area contributed by atoms with E-state index in [9.17, 15) is 0 Å². The van der Waals surface area contributed by atoms with Gasteiger partial charge in [0.1, 0.15) is 6.33 Å². The average Bonchev–Trinajstić information content (AvgIpc) is 2.52. The van der Waals surface area contributed by atoms with Gasteiger partial charge in [-0.3, -0.25) is 0 Å². The number of aromatic nitrogens is 3. The van der Waals surface area contributed by atoms with Gasteiger partial charge in [0, 0.05) is 12.6 Å². The van der Waals surface area contributed by atoms with Gasteiger partial charge in [0.15, 0.2) is 5.82 Å². The van der Waals surface area contributed by atoms with Crippen LogP contribution in [0.1, 0.15) is 11.1 Å². The zero-order valence-corrected chi connectivity index (χ0v) is 8.65. The second-order valence-corrected chi connectivity index (χ2v) is 3.53. The Labute approximate surface area is 83.4 Å². The lowest BCUT2D eigenvalue weighted by atomic mass is 10.0. The molecular formula is C11H13N3. The highest BCUT2D eigenvalue weighted by Crippen LogP contribution is 2.24. The van der Waals surface area contributed by atoms with Crippen molar-refractivity contribution in [2.45, 2.75) is 13.8 Å². The van der Waals surface area contributed by atoms with E-state index in [0.717, 1.165) is 5.82 Å². The van der Waals surface area contributed by atoms with Crippen LogP contribution in [0.25, 0.3) is 11.4 Å². The molecule has 0 unspecified atom stereocenters. The largest absolute Gasteiger partial charge is 0.317 e. The van der Waals surface area contributed by atoms with Gasteiger partial charge >= 0.3 is 0 Å². The van der Waals surface area contributed by atoms with Crippen molar-refractivity contribution in [2.24, 2.45) is 7.05 Å². The monoisotopic (exact) mass is 187 g/mol. The van der Waals surface area contributed by atoms with E-state index in [1.54, 1.807) is 6.33 Å². The smallest absolute Gasteiger partial charge is 0.164 e. The third kappa shape index (κ3) is 1.31. The van der Waals surface area contributed by atoms with Crippen molar-refractivity contribution in [3.05, 3.63) is 35.7 Å². The molecule has 0 saturated carbocycles. The van der Waals surface area contributed by atoms with Crippen LogP contribution in [0.15, 0.2) is 24.5 Å². The Balaban J connectivity index is 2.68. The maximum atomic E-state index is 4.12. The highest BCUT2D eigenvalue weighted by molar-refractivity contribution is 5.64. The van der Waals surface area contributed by atoms with Crippen LogP contribution in [0.3, 0.4) is 0 Å². The summed E-state index contributed by atoms with van der Waals surface area (Å²) in [5.74, 6) is 0.931. The van der Waals surface area contributed by atoms with Gasteiger partial charge in [-0.1, -0.05) is 18.2 Å². The highest BCUT2D eigenvalue weighted by Gasteiger charge is 2.09. The molecule has 0 aliphatic carbocycles. The predicted octanol–water partition coefficient (Wildman–Crippen LogP) is 2.10. The van der Waals surface area contributed by atoms with Gasteiger partial charge in [-0.25, -0.2) is 0 Å². The van der Waals surface area contributed by atoms with E-state index in [0.29, 0.717) is 0 Å². The molecule has 2 rings (SSSR count). The number of aryl methyl sites for hydroxylation is 3. The Morgan fingerprint density at radius 1 is 1.14 bits per heavy atom. The van der Waals surface area contributed by atoms with Crippen molar-refractivity contribution in [1.29, 1.82) is 0 Å². The first-order chi connectivity index (χ1) is 6.70. The van der Waals surface area contributed by atoms with Crippen LogP contribution in [-0.4, -0.2) is 14.8 Å². The Morgan fingerprint density at radius 3 is 2.29 bits per heavy atom. The molecule has 0 saturated heterocycles. The van der Waals surface area contributed by atoms with Crippen LogP contribution < -0.4 is 0 Å². The molecule has 0 aliphatic heterocycles. The quantitative estimate of drug-likeness (QED) is 0.684. The molecule has 0 amide bonds. The number of hydrogen-bond donors (Lipinski definition) is 0. The van der Waals surface area contributed by atoms with Crippen LogP contribution in [0.4, 0.5) is 0 Å². The first-order valence-electron chi connectivity index (χ1n) is 4.60. The molecule has 0 bridgehead atoms. The second-order valence-electron chi connectivity index (χ2n) is 3.53. The molecule has 1 heterocycles. The summed E-state index contributed by atoms with van der Waals surface area (Å²) in [5, 5.41) is 8.01. The maximum Gasteiger partial charge on any atom is 0.164 e. The van der Waals surface area contributed by atoms with E-state index in [1.165, 1.54) is 16.7 Å². The first-order valence-corrected chi connectivity index (χ1v) is 4.60. The third-order valence-electron chi connectivity index (χ3n) is 2.42. The van der Waals surface area contributed by atoms with E-state index in [1.807, 2.05) is 11.6 Å². The van der Waals surface area contributed by atoms with Crippen LogP contribution in [0.2, 0.25) is 0 Å². The lowest BCUT2D eigenvalue weighted by Gasteiger charge is -2.07. The molecule has 14 heavy (non-hydrogen) atoms. The molecule has 0 radical (unpaired) electrons. The number of rotatable bonds is 1. The van der Waals surface area contributed by atoms with Crippen LogP contribution in [0, 0.1) is 13.8 Å². The van der Waals surface area contributed by atoms with Gasteiger partial charge in [0.2, 0.25) is 0 Å². The Bertz CT molecular complexity index is 437. The Hall–Kier alpha value is -1.64. The molecule has 1 aromatic heterocycles. The van der Waals surface area contributed by atoms with Gasteiger partial charge in [-0.15, -0.1) is 10.2 Å². The lowest BCUT2D eigenvalue weighted by molar-refractivity contribution is 0.917. The minimum atomic E-state index is 0.931. The SMILES string of the molecule is Cc1cccc(C)c1-c1nncn1C. The molecule has 0 N–H and O–H groups in total. The summed E-state index contributed by atoms with van der Waals surface area (Å²) in [7, 11) is 1.96. The van der Waals surface area contributed by atoms with Crippen LogP contribution in [0.5, 0.6) is 0 Å². The zero-order chi connectivity index (χ0) is 10.1. The summed E-state index contributed by atoms with van der Waals surface area (Å²) in [6.45, 7) is 4.19. The first kappa shape index (κ1) is 8.94. The number of nitrogens with zero attached hydrogens (tertiary/aromatic N) is 3. The van der Waals surface area contributed by atoms with Gasteiger partial charge in [-0.05, 0) is 25.0 Å². The van der Waals surface area contributed by atoms with Crippen molar-refractivity contribution < 1.29 is 0 Å². The molecule has 0 spiro atoms. The minimum Gasteiger partial charge on any atom is -0.317 e. The molecule has 3 nitrogen and oxygen atoms in total. The topological polar surface area (TPSA) is 30.7 Å². The summed E-state index contributed by atoms with van der Waals surface area (Å²) in [4.78, 5) is 0. The van der Waals surface area contributed by atoms with Crippen molar-refractivity contribution in [3.63, 3.8) is 0 Å². The Morgan fingerprint density at radius 2 is 1.79 bits per heavy atom. The number of benzene rings is 1. The molecule has 1 aromatic carbocycles. The van der Waals surface area contributed by atoms with E-state index in [-0.39, 0.29) is 0 Å². The zero-order valence-electron chi connectivity index (χ0n) is 8.65. The van der Waals surface area contributed by atoms with E-state index >= 15 is 0 Å². The molecule has 0 aliphatic rings. The van der Waals surface area contributed by atoms with Crippen molar-refractivity contribution in [3.8, 4) is 11.4 Å². The fourth-order valence-corrected chi connectivity index (χ4v) is 1.68. The molecule has 3 heteroatoms. The van der Waals surface area contributed by atoms with Crippen molar-refractivity contribution in [1.82, 2.24) is 14.8 Å². The van der Waals surface area contributed by atoms with E-state index in [2.05, 4.69) is 42.2 Å². The maximum absolute atomic E-state index is 4.12. The van der Waals surface area contributed by atoms with Gasteiger partial charge in [-0.2, -0.15) is 0 Å². The summed E-state index contributed by atoms with van der Waals surface area (Å²) in [6.07, 6.45) is 1.72. The fourth-order valence-electron chi connectivity index (χ4n) is 1.68. The summed E-state index contributed by atoms with van der Waals surface area (Å²) in [6, 6.07) is 6.25. The van der Waals surface area contributed by atoms with Crippen molar-refractivity contribution in [2.75, 3.05) is 0 Å². The van der Waals surface area contributed by atoms with E-state index in [4.69, 9.17) is 0 Å². The lowest BCUT2D eigenvalue weighted by Crippen LogP contribution is -1.95. The summed E-state index contributed by atoms with van der Waals surface area (Å²) >= 11 is 0. The van der Waals surface area contributed by atoms with Gasteiger partial charge in [0.05, 0.1) is 0 Å². The molecule has 0 fully saturated rings. The number of hydrogen-bond acceptors (Lipinski definition) is 2. The molecule has 0 atom stereocenters. The second kappa shape index (κ2) is 3.25. The average molecular weight is 187 g/mol. The van der Waals surface area contributed by atoms with E-state index < -0.39 is 0 Å². The third-order valence-corrected chi connectivity index (χ3v) is 2.42. The van der Waals surface area contributed by atoms with Gasteiger partial charge in [0.25, 0.3) is 0 Å². The standard InChI is InChI=1S/C11H13N3/c1-8-5-4-6-9(2)10(8)11-13-12-7-14(11)3/h4-7H,1-3H3. The Kier molecular flexibility index (Phi) is 2.08. The fraction of sp³-hybridized carbons (Fsp3) is 0.273. The predicted molar refractivity (Wildman–Crippen MR) is 55.9 cm³/mol. The highest BCUT2D eigenvalue weighted by atomic mass is 15.2. The van der Waals surface area contributed by atoms with Crippen LogP contribution in [-0.2, 0) is 7.05 Å². The molecular weight excluding hydrogens is 174 g/mol. The molecule has 72 valence electrons. The van der Waals surface area contributed by atoms with Gasteiger partial charge < -0.3 is 4.57 Å². The summed E-state index contributed by atoms with van der Waals surface area (Å²) < 4.78 is 1.94. The van der Waals surface area contributed by atoms with Crippen LogP contribution >= 0.6 is 0 Å². The normalized spacial score (nSPS) is 10.5.